The van der Waals surface area contributed by atoms with E-state index in [1.807, 2.05) is 11.8 Å². The highest BCUT2D eigenvalue weighted by molar-refractivity contribution is 7.98. The number of guanidine groups is 1. The Hall–Kier alpha value is -0.640. The molecule has 0 atom stereocenters. The van der Waals surface area contributed by atoms with E-state index < -0.39 is 0 Å². The van der Waals surface area contributed by atoms with E-state index in [4.69, 9.17) is 0 Å². The summed E-state index contributed by atoms with van der Waals surface area (Å²) in [7, 11) is 0. The number of thioether (sulfide) groups is 1. The first-order valence-corrected chi connectivity index (χ1v) is 6.95. The molecule has 1 aliphatic rings. The van der Waals surface area contributed by atoms with Crippen molar-refractivity contribution in [3.8, 4) is 0 Å². The van der Waals surface area contributed by atoms with Crippen molar-refractivity contribution in [1.29, 1.82) is 0 Å². The van der Waals surface area contributed by atoms with Crippen molar-refractivity contribution >= 4 is 17.7 Å². The van der Waals surface area contributed by atoms with Gasteiger partial charge in [-0.2, -0.15) is 11.8 Å². The van der Waals surface area contributed by atoms with Crippen LogP contribution in [-0.4, -0.2) is 37.1 Å². The maximum atomic E-state index is 4.51. The molecule has 1 aliphatic carbocycles. The molecule has 0 aromatic carbocycles. The number of hydrogen-bond donors (Lipinski definition) is 2. The highest BCUT2D eigenvalue weighted by Gasteiger charge is 2.10. The third-order valence-electron chi connectivity index (χ3n) is 2.26. The van der Waals surface area contributed by atoms with Crippen LogP contribution in [-0.2, 0) is 0 Å². The maximum Gasteiger partial charge on any atom is 0.191 e. The number of aliphatic imine (C=N–C) groups is 1. The van der Waals surface area contributed by atoms with Gasteiger partial charge in [-0.25, -0.2) is 0 Å². The van der Waals surface area contributed by atoms with Crippen molar-refractivity contribution in [2.24, 2.45) is 4.99 Å². The number of rotatable bonds is 5. The van der Waals surface area contributed by atoms with Crippen molar-refractivity contribution < 1.29 is 0 Å². The highest BCUT2D eigenvalue weighted by atomic mass is 32.2. The second-order valence-corrected chi connectivity index (χ2v) is 4.52. The Labute approximate surface area is 96.8 Å². The first kappa shape index (κ1) is 12.4. The minimum absolute atomic E-state index is 0.539. The molecule has 0 bridgehead atoms. The summed E-state index contributed by atoms with van der Waals surface area (Å²) < 4.78 is 0. The molecule has 0 saturated carbocycles. The van der Waals surface area contributed by atoms with Crippen LogP contribution in [0.15, 0.2) is 17.1 Å². The highest BCUT2D eigenvalue weighted by Crippen LogP contribution is 2.08. The Balaban J connectivity index is 2.31. The lowest BCUT2D eigenvalue weighted by molar-refractivity contribution is 0.634. The van der Waals surface area contributed by atoms with Gasteiger partial charge < -0.3 is 10.6 Å². The summed E-state index contributed by atoms with van der Waals surface area (Å²) in [5.74, 6) is 2.04. The Kier molecular flexibility index (Phi) is 6.32. The molecule has 0 spiro atoms. The van der Waals surface area contributed by atoms with Crippen LogP contribution in [0.2, 0.25) is 0 Å². The average molecular weight is 227 g/mol. The summed E-state index contributed by atoms with van der Waals surface area (Å²) in [5, 5.41) is 6.71. The fourth-order valence-electron chi connectivity index (χ4n) is 1.50. The van der Waals surface area contributed by atoms with Crippen LogP contribution in [0.3, 0.4) is 0 Å². The van der Waals surface area contributed by atoms with Gasteiger partial charge in [-0.15, -0.1) is 0 Å². The average Bonchev–Trinajstić information content (AvgIpc) is 2.71. The molecule has 2 N–H and O–H groups in total. The molecule has 4 heteroatoms. The Morgan fingerprint density at radius 1 is 1.47 bits per heavy atom. The van der Waals surface area contributed by atoms with E-state index in [9.17, 15) is 0 Å². The van der Waals surface area contributed by atoms with Gasteiger partial charge in [0, 0.05) is 18.3 Å². The largest absolute Gasteiger partial charge is 0.357 e. The normalized spacial score (nSPS) is 17.1. The summed E-state index contributed by atoms with van der Waals surface area (Å²) in [4.78, 5) is 4.51. The SMILES string of the molecule is CCNC(=NCCSC)NC1CC=CC1. The predicted molar refractivity (Wildman–Crippen MR) is 69.7 cm³/mol. The van der Waals surface area contributed by atoms with E-state index >= 15 is 0 Å². The zero-order chi connectivity index (χ0) is 10.9. The van der Waals surface area contributed by atoms with Crippen molar-refractivity contribution in [3.05, 3.63) is 12.2 Å². The first-order chi connectivity index (χ1) is 7.36. The van der Waals surface area contributed by atoms with Crippen LogP contribution in [0.5, 0.6) is 0 Å². The molecule has 0 aromatic heterocycles. The molecule has 0 aromatic rings. The van der Waals surface area contributed by atoms with Gasteiger partial charge in [0.15, 0.2) is 5.96 Å². The van der Waals surface area contributed by atoms with E-state index in [1.165, 1.54) is 0 Å². The van der Waals surface area contributed by atoms with Crippen molar-refractivity contribution in [2.45, 2.75) is 25.8 Å². The molecule has 0 aliphatic heterocycles. The van der Waals surface area contributed by atoms with Gasteiger partial charge in [0.25, 0.3) is 0 Å². The van der Waals surface area contributed by atoms with Gasteiger partial charge in [0.2, 0.25) is 0 Å². The van der Waals surface area contributed by atoms with Gasteiger partial charge in [0.05, 0.1) is 6.54 Å². The molecule has 0 heterocycles. The van der Waals surface area contributed by atoms with E-state index in [1.54, 1.807) is 0 Å². The first-order valence-electron chi connectivity index (χ1n) is 5.55. The molecule has 86 valence electrons. The Morgan fingerprint density at radius 3 is 2.80 bits per heavy atom. The molecule has 15 heavy (non-hydrogen) atoms. The zero-order valence-corrected chi connectivity index (χ0v) is 10.4. The molecular formula is C11H21N3S. The lowest BCUT2D eigenvalue weighted by Crippen LogP contribution is -2.42. The third-order valence-corrected chi connectivity index (χ3v) is 2.85. The number of nitrogens with zero attached hydrogens (tertiary/aromatic N) is 1. The molecule has 3 nitrogen and oxygen atoms in total. The molecule has 0 unspecified atom stereocenters. The minimum Gasteiger partial charge on any atom is -0.357 e. The monoisotopic (exact) mass is 227 g/mol. The van der Waals surface area contributed by atoms with E-state index in [2.05, 4.69) is 41.0 Å². The second-order valence-electron chi connectivity index (χ2n) is 3.54. The molecular weight excluding hydrogens is 206 g/mol. The van der Waals surface area contributed by atoms with Crippen molar-refractivity contribution in [3.63, 3.8) is 0 Å². The fourth-order valence-corrected chi connectivity index (χ4v) is 1.77. The van der Waals surface area contributed by atoms with Crippen LogP contribution in [0.4, 0.5) is 0 Å². The zero-order valence-electron chi connectivity index (χ0n) is 9.62. The predicted octanol–water partition coefficient (Wildman–Crippen LogP) is 1.62. The number of hydrogen-bond acceptors (Lipinski definition) is 2. The molecule has 0 radical (unpaired) electrons. The van der Waals surface area contributed by atoms with E-state index in [0.717, 1.165) is 37.6 Å². The van der Waals surface area contributed by atoms with Gasteiger partial charge in [-0.05, 0) is 26.0 Å². The van der Waals surface area contributed by atoms with Crippen LogP contribution in [0.1, 0.15) is 19.8 Å². The van der Waals surface area contributed by atoms with Gasteiger partial charge in [0.1, 0.15) is 0 Å². The second kappa shape index (κ2) is 7.63. The quantitative estimate of drug-likeness (QED) is 0.324. The lowest BCUT2D eigenvalue weighted by atomic mass is 10.2. The van der Waals surface area contributed by atoms with E-state index in [-0.39, 0.29) is 0 Å². The summed E-state index contributed by atoms with van der Waals surface area (Å²) in [6.07, 6.45) is 8.79. The van der Waals surface area contributed by atoms with Crippen molar-refractivity contribution in [2.75, 3.05) is 25.1 Å². The number of nitrogens with one attached hydrogen (secondary N) is 2. The molecule has 0 saturated heterocycles. The summed E-state index contributed by atoms with van der Waals surface area (Å²) in [5.41, 5.74) is 0. The lowest BCUT2D eigenvalue weighted by Gasteiger charge is -2.16. The van der Waals surface area contributed by atoms with Crippen LogP contribution >= 0.6 is 11.8 Å². The van der Waals surface area contributed by atoms with Gasteiger partial charge in [-0.1, -0.05) is 12.2 Å². The summed E-state index contributed by atoms with van der Waals surface area (Å²) >= 11 is 1.83. The minimum atomic E-state index is 0.539. The third kappa shape index (κ3) is 5.11. The standard InChI is InChI=1S/C11H21N3S/c1-3-12-11(13-8-9-15-2)14-10-6-4-5-7-10/h4-5,10H,3,6-9H2,1-2H3,(H2,12,13,14). The Bertz CT molecular complexity index is 218. The van der Waals surface area contributed by atoms with Crippen molar-refractivity contribution in [1.82, 2.24) is 10.6 Å². The van der Waals surface area contributed by atoms with Crippen LogP contribution in [0, 0.1) is 0 Å². The van der Waals surface area contributed by atoms with Gasteiger partial charge in [-0.3, -0.25) is 4.99 Å². The summed E-state index contributed by atoms with van der Waals surface area (Å²) in [6, 6.07) is 0.539. The molecule has 1 rings (SSSR count). The molecule has 0 fully saturated rings. The smallest absolute Gasteiger partial charge is 0.191 e. The Morgan fingerprint density at radius 2 is 2.20 bits per heavy atom. The topological polar surface area (TPSA) is 36.4 Å². The fraction of sp³-hybridized carbons (Fsp3) is 0.727. The maximum absolute atomic E-state index is 4.51. The van der Waals surface area contributed by atoms with Gasteiger partial charge >= 0.3 is 0 Å². The van der Waals surface area contributed by atoms with E-state index in [0.29, 0.717) is 6.04 Å². The summed E-state index contributed by atoms with van der Waals surface area (Å²) in [6.45, 7) is 3.90. The van der Waals surface area contributed by atoms with Crippen LogP contribution < -0.4 is 10.6 Å². The van der Waals surface area contributed by atoms with Crippen LogP contribution in [0.25, 0.3) is 0 Å². The molecule has 0 amide bonds.